The molecule has 1 saturated heterocycles. The standard InChI is InChI=1S/C15H19ClFNO3S/c1-22(20,21)11-7-9-18(10-8-11)15(19)6-5-12-13(16)3-2-4-14(12)17/h2-4,11H,5-10H2,1H3. The highest BCUT2D eigenvalue weighted by Crippen LogP contribution is 2.22. The molecule has 1 aliphatic rings. The lowest BCUT2D eigenvalue weighted by atomic mass is 10.1. The summed E-state index contributed by atoms with van der Waals surface area (Å²) in [4.78, 5) is 13.8. The number of carbonyl (C=O) groups is 1. The van der Waals surface area contributed by atoms with E-state index >= 15 is 0 Å². The second-order valence-electron chi connectivity index (χ2n) is 5.61. The van der Waals surface area contributed by atoms with Crippen LogP contribution < -0.4 is 0 Å². The maximum Gasteiger partial charge on any atom is 0.222 e. The van der Waals surface area contributed by atoms with Crippen molar-refractivity contribution in [2.45, 2.75) is 30.9 Å². The number of carbonyl (C=O) groups excluding carboxylic acids is 1. The molecule has 0 bridgehead atoms. The summed E-state index contributed by atoms with van der Waals surface area (Å²) in [6, 6.07) is 4.45. The first-order valence-corrected chi connectivity index (χ1v) is 9.52. The largest absolute Gasteiger partial charge is 0.343 e. The van der Waals surface area contributed by atoms with Crippen LogP contribution in [0.1, 0.15) is 24.8 Å². The van der Waals surface area contributed by atoms with Gasteiger partial charge in [0, 0.05) is 36.4 Å². The Balaban J connectivity index is 1.89. The minimum absolute atomic E-state index is 0.0914. The summed E-state index contributed by atoms with van der Waals surface area (Å²) in [7, 11) is -3.05. The molecule has 22 heavy (non-hydrogen) atoms. The molecular weight excluding hydrogens is 329 g/mol. The molecule has 0 unspecified atom stereocenters. The van der Waals surface area contributed by atoms with Crippen LogP contribution in [0.4, 0.5) is 4.39 Å². The quantitative estimate of drug-likeness (QED) is 0.840. The van der Waals surface area contributed by atoms with Gasteiger partial charge in [0.15, 0.2) is 0 Å². The Morgan fingerprint density at radius 1 is 1.36 bits per heavy atom. The van der Waals surface area contributed by atoms with Gasteiger partial charge in [-0.15, -0.1) is 0 Å². The lowest BCUT2D eigenvalue weighted by Crippen LogP contribution is -2.42. The molecule has 4 nitrogen and oxygen atoms in total. The number of hydrogen-bond donors (Lipinski definition) is 0. The van der Waals surface area contributed by atoms with Gasteiger partial charge in [0.05, 0.1) is 5.25 Å². The molecule has 0 atom stereocenters. The predicted molar refractivity (Wildman–Crippen MR) is 84.2 cm³/mol. The predicted octanol–water partition coefficient (Wildman–Crippen LogP) is 2.45. The fourth-order valence-electron chi connectivity index (χ4n) is 2.69. The van der Waals surface area contributed by atoms with E-state index in [1.807, 2.05) is 0 Å². The van der Waals surface area contributed by atoms with Crippen molar-refractivity contribution in [3.8, 4) is 0 Å². The maximum absolute atomic E-state index is 13.6. The average molecular weight is 348 g/mol. The number of amides is 1. The molecule has 0 N–H and O–H groups in total. The lowest BCUT2D eigenvalue weighted by molar-refractivity contribution is -0.132. The van der Waals surface area contributed by atoms with Gasteiger partial charge >= 0.3 is 0 Å². The van der Waals surface area contributed by atoms with Crippen LogP contribution >= 0.6 is 11.6 Å². The summed E-state index contributed by atoms with van der Waals surface area (Å²) in [5.41, 5.74) is 0.350. The number of benzene rings is 1. The van der Waals surface area contributed by atoms with Gasteiger partial charge < -0.3 is 4.90 Å². The number of hydrogen-bond acceptors (Lipinski definition) is 3. The number of rotatable bonds is 4. The molecule has 0 saturated carbocycles. The molecule has 1 fully saturated rings. The third-order valence-corrected chi connectivity index (χ3v) is 6.09. The van der Waals surface area contributed by atoms with E-state index in [2.05, 4.69) is 0 Å². The van der Waals surface area contributed by atoms with Crippen LogP contribution in [0.15, 0.2) is 18.2 Å². The van der Waals surface area contributed by atoms with E-state index in [0.29, 0.717) is 36.5 Å². The van der Waals surface area contributed by atoms with Crippen LogP contribution in [-0.2, 0) is 21.1 Å². The van der Waals surface area contributed by atoms with Gasteiger partial charge in [-0.05, 0) is 31.4 Å². The molecule has 1 aromatic rings. The Hall–Kier alpha value is -1.14. The van der Waals surface area contributed by atoms with E-state index in [1.54, 1.807) is 11.0 Å². The Labute approximate surface area is 135 Å². The Kier molecular flexibility index (Phi) is 5.45. The summed E-state index contributed by atoms with van der Waals surface area (Å²) in [6.07, 6.45) is 2.58. The summed E-state index contributed by atoms with van der Waals surface area (Å²) in [5.74, 6) is -0.498. The molecule has 1 heterocycles. The normalized spacial score (nSPS) is 16.8. The van der Waals surface area contributed by atoms with Crippen molar-refractivity contribution >= 4 is 27.3 Å². The van der Waals surface area contributed by atoms with E-state index in [1.165, 1.54) is 18.4 Å². The molecule has 7 heteroatoms. The van der Waals surface area contributed by atoms with Gasteiger partial charge in [-0.2, -0.15) is 0 Å². The summed E-state index contributed by atoms with van der Waals surface area (Å²) in [5, 5.41) is -0.0406. The highest BCUT2D eigenvalue weighted by molar-refractivity contribution is 7.91. The highest BCUT2D eigenvalue weighted by Gasteiger charge is 2.28. The molecule has 0 spiro atoms. The first-order chi connectivity index (χ1) is 10.3. The molecule has 0 aromatic heterocycles. The van der Waals surface area contributed by atoms with Crippen LogP contribution in [0, 0.1) is 5.82 Å². The molecule has 1 aromatic carbocycles. The van der Waals surface area contributed by atoms with Crippen LogP contribution in [-0.4, -0.2) is 43.8 Å². The third-order valence-electron chi connectivity index (χ3n) is 4.05. The Morgan fingerprint density at radius 2 is 2.00 bits per heavy atom. The molecular formula is C15H19ClFNO3S. The minimum atomic E-state index is -3.05. The SMILES string of the molecule is CS(=O)(=O)C1CCN(C(=O)CCc2c(F)cccc2Cl)CC1. The van der Waals surface area contributed by atoms with Crippen molar-refractivity contribution in [1.29, 1.82) is 0 Å². The third kappa shape index (κ3) is 4.20. The van der Waals surface area contributed by atoms with Crippen molar-refractivity contribution in [2.24, 2.45) is 0 Å². The average Bonchev–Trinajstić information content (AvgIpc) is 2.46. The Morgan fingerprint density at radius 3 is 2.55 bits per heavy atom. The smallest absolute Gasteiger partial charge is 0.222 e. The number of nitrogens with zero attached hydrogens (tertiary/aromatic N) is 1. The van der Waals surface area contributed by atoms with Crippen molar-refractivity contribution in [3.63, 3.8) is 0 Å². The van der Waals surface area contributed by atoms with Gasteiger partial charge in [0.1, 0.15) is 15.7 Å². The summed E-state index contributed by atoms with van der Waals surface area (Å²) >= 11 is 5.94. The van der Waals surface area contributed by atoms with Crippen molar-refractivity contribution in [3.05, 3.63) is 34.6 Å². The van der Waals surface area contributed by atoms with Crippen LogP contribution in [0.2, 0.25) is 5.02 Å². The molecule has 1 amide bonds. The summed E-state index contributed by atoms with van der Waals surface area (Å²) in [6.45, 7) is 0.864. The van der Waals surface area contributed by atoms with E-state index in [-0.39, 0.29) is 24.0 Å². The fourth-order valence-corrected chi connectivity index (χ4v) is 4.02. The zero-order valence-corrected chi connectivity index (χ0v) is 14.0. The summed E-state index contributed by atoms with van der Waals surface area (Å²) < 4.78 is 36.6. The van der Waals surface area contributed by atoms with Gasteiger partial charge in [0.25, 0.3) is 0 Å². The van der Waals surface area contributed by atoms with E-state index < -0.39 is 15.7 Å². The van der Waals surface area contributed by atoms with Gasteiger partial charge in [-0.1, -0.05) is 17.7 Å². The van der Waals surface area contributed by atoms with Crippen molar-refractivity contribution < 1.29 is 17.6 Å². The zero-order chi connectivity index (χ0) is 16.3. The number of piperidine rings is 1. The minimum Gasteiger partial charge on any atom is -0.343 e. The van der Waals surface area contributed by atoms with E-state index in [9.17, 15) is 17.6 Å². The second kappa shape index (κ2) is 6.96. The highest BCUT2D eigenvalue weighted by atomic mass is 35.5. The van der Waals surface area contributed by atoms with E-state index in [0.717, 1.165) is 0 Å². The second-order valence-corrected chi connectivity index (χ2v) is 8.34. The fraction of sp³-hybridized carbons (Fsp3) is 0.533. The first-order valence-electron chi connectivity index (χ1n) is 7.18. The molecule has 2 rings (SSSR count). The van der Waals surface area contributed by atoms with Crippen molar-refractivity contribution in [1.82, 2.24) is 4.90 Å². The number of sulfone groups is 1. The van der Waals surface area contributed by atoms with E-state index in [4.69, 9.17) is 11.6 Å². The van der Waals surface area contributed by atoms with Gasteiger partial charge in [-0.3, -0.25) is 4.79 Å². The molecule has 1 aliphatic heterocycles. The zero-order valence-electron chi connectivity index (χ0n) is 12.4. The molecule has 0 radical (unpaired) electrons. The monoisotopic (exact) mass is 347 g/mol. The number of likely N-dealkylation sites (tertiary alicyclic amines) is 1. The van der Waals surface area contributed by atoms with Crippen molar-refractivity contribution in [2.75, 3.05) is 19.3 Å². The first kappa shape index (κ1) is 17.2. The topological polar surface area (TPSA) is 54.5 Å². The lowest BCUT2D eigenvalue weighted by Gasteiger charge is -2.31. The number of halogens is 2. The van der Waals surface area contributed by atoms with Crippen LogP contribution in [0.3, 0.4) is 0 Å². The van der Waals surface area contributed by atoms with Gasteiger partial charge in [-0.25, -0.2) is 12.8 Å². The van der Waals surface area contributed by atoms with Gasteiger partial charge in [0.2, 0.25) is 5.91 Å². The van der Waals surface area contributed by atoms with Crippen LogP contribution in [0.5, 0.6) is 0 Å². The molecule has 0 aliphatic carbocycles. The van der Waals surface area contributed by atoms with Crippen LogP contribution in [0.25, 0.3) is 0 Å². The Bertz CT molecular complexity index is 635. The maximum atomic E-state index is 13.6. The molecule has 122 valence electrons.